The van der Waals surface area contributed by atoms with Crippen molar-refractivity contribution < 1.29 is 27.5 Å². The number of ether oxygens (including phenoxy) is 2. The van der Waals surface area contributed by atoms with Gasteiger partial charge in [0, 0.05) is 25.6 Å². The van der Waals surface area contributed by atoms with Crippen LogP contribution in [-0.2, 0) is 32.6 Å². The van der Waals surface area contributed by atoms with Gasteiger partial charge in [0.25, 0.3) is 0 Å². The summed E-state index contributed by atoms with van der Waals surface area (Å²) in [6.07, 6.45) is 3.02. The van der Waals surface area contributed by atoms with Crippen molar-refractivity contribution >= 4 is 27.5 Å². The molecule has 0 spiro atoms. The molecular weight excluding hydrogens is 554 g/mol. The maximum absolute atomic E-state index is 14.2. The fourth-order valence-corrected chi connectivity index (χ4v) is 5.39. The van der Waals surface area contributed by atoms with Crippen LogP contribution in [0, 0.1) is 6.92 Å². The lowest BCUT2D eigenvalue weighted by molar-refractivity contribution is -0.140. The number of sulfonamides is 1. The first-order valence-corrected chi connectivity index (χ1v) is 15.8. The van der Waals surface area contributed by atoms with Gasteiger partial charge in [-0.15, -0.1) is 0 Å². The zero-order valence-electron chi connectivity index (χ0n) is 25.0. The lowest BCUT2D eigenvalue weighted by Gasteiger charge is -2.33. The maximum Gasteiger partial charge on any atom is 0.244 e. The summed E-state index contributed by atoms with van der Waals surface area (Å²) in [6.45, 7) is 4.11. The van der Waals surface area contributed by atoms with Crippen molar-refractivity contribution in [1.82, 2.24) is 10.2 Å². The minimum absolute atomic E-state index is 0.126. The van der Waals surface area contributed by atoms with Crippen molar-refractivity contribution in [3.05, 3.63) is 89.5 Å². The minimum Gasteiger partial charge on any atom is -0.493 e. The summed E-state index contributed by atoms with van der Waals surface area (Å²) in [5, 5.41) is 2.98. The molecular formula is C32H41N3O6S. The third-order valence-electron chi connectivity index (χ3n) is 6.91. The smallest absolute Gasteiger partial charge is 0.244 e. The molecule has 0 saturated carbocycles. The SMILES string of the molecule is CCCCNC(=O)[C@H](Cc1ccccc1)N(Cc1ccc(C)cc1)C(=O)CN(c1ccc(OC)c(OC)c1)S(C)(=O)=O. The molecule has 0 saturated heterocycles. The summed E-state index contributed by atoms with van der Waals surface area (Å²) in [6, 6.07) is 21.0. The van der Waals surface area contributed by atoms with E-state index >= 15 is 0 Å². The maximum atomic E-state index is 14.2. The highest BCUT2D eigenvalue weighted by Crippen LogP contribution is 2.32. The number of amides is 2. The van der Waals surface area contributed by atoms with E-state index in [2.05, 4.69) is 5.32 Å². The average Bonchev–Trinajstić information content (AvgIpc) is 2.98. The van der Waals surface area contributed by atoms with Gasteiger partial charge < -0.3 is 19.7 Å². The predicted octanol–water partition coefficient (Wildman–Crippen LogP) is 4.33. The summed E-state index contributed by atoms with van der Waals surface area (Å²) in [5.74, 6) is -0.0503. The Hall–Kier alpha value is -4.05. The number of benzene rings is 3. The summed E-state index contributed by atoms with van der Waals surface area (Å²) < 4.78 is 37.7. The zero-order valence-corrected chi connectivity index (χ0v) is 25.8. The molecule has 42 heavy (non-hydrogen) atoms. The van der Waals surface area contributed by atoms with E-state index in [1.54, 1.807) is 12.1 Å². The molecule has 0 bridgehead atoms. The second-order valence-electron chi connectivity index (χ2n) is 10.2. The first kappa shape index (κ1) is 32.5. The van der Waals surface area contributed by atoms with E-state index in [4.69, 9.17) is 9.47 Å². The van der Waals surface area contributed by atoms with Gasteiger partial charge in [-0.3, -0.25) is 13.9 Å². The van der Waals surface area contributed by atoms with Crippen LogP contribution in [0.5, 0.6) is 11.5 Å². The zero-order chi connectivity index (χ0) is 30.7. The number of carbonyl (C=O) groups is 2. The molecule has 0 aliphatic carbocycles. The Balaban J connectivity index is 2.05. The molecule has 1 N–H and O–H groups in total. The van der Waals surface area contributed by atoms with Crippen molar-refractivity contribution in [3.8, 4) is 11.5 Å². The van der Waals surface area contributed by atoms with Gasteiger partial charge in [0.1, 0.15) is 12.6 Å². The topological polar surface area (TPSA) is 105 Å². The summed E-state index contributed by atoms with van der Waals surface area (Å²) in [5.41, 5.74) is 3.01. The molecule has 0 aliphatic rings. The number of unbranched alkanes of at least 4 members (excludes halogenated alkanes) is 1. The molecule has 3 aromatic carbocycles. The van der Waals surface area contributed by atoms with Crippen molar-refractivity contribution in [3.63, 3.8) is 0 Å². The first-order valence-electron chi connectivity index (χ1n) is 13.9. The van der Waals surface area contributed by atoms with E-state index in [1.165, 1.54) is 25.2 Å². The summed E-state index contributed by atoms with van der Waals surface area (Å²) >= 11 is 0. The van der Waals surface area contributed by atoms with E-state index in [0.29, 0.717) is 18.0 Å². The molecule has 226 valence electrons. The standard InChI is InChI=1S/C32H41N3O6S/c1-6-7-19-33-32(37)28(20-25-11-9-8-10-12-25)34(22-26-15-13-24(2)14-16-26)31(36)23-35(42(5,38)39)27-17-18-29(40-3)30(21-27)41-4/h8-18,21,28H,6-7,19-20,22-23H2,1-5H3,(H,33,37)/t28-/m0/s1. The molecule has 3 aromatic rings. The molecule has 0 radical (unpaired) electrons. The Morgan fingerprint density at radius 1 is 0.905 bits per heavy atom. The molecule has 1 atom stereocenters. The van der Waals surface area contributed by atoms with Crippen LogP contribution in [0.2, 0.25) is 0 Å². The average molecular weight is 596 g/mol. The molecule has 10 heteroatoms. The lowest BCUT2D eigenvalue weighted by atomic mass is 10.0. The molecule has 0 unspecified atom stereocenters. The molecule has 0 fully saturated rings. The van der Waals surface area contributed by atoms with E-state index in [9.17, 15) is 18.0 Å². The van der Waals surface area contributed by atoms with Crippen LogP contribution in [0.1, 0.15) is 36.5 Å². The van der Waals surface area contributed by atoms with Crippen molar-refractivity contribution in [2.75, 3.05) is 37.9 Å². The van der Waals surface area contributed by atoms with Gasteiger partial charge in [-0.05, 0) is 36.6 Å². The van der Waals surface area contributed by atoms with Crippen LogP contribution < -0.4 is 19.1 Å². The lowest BCUT2D eigenvalue weighted by Crippen LogP contribution is -2.53. The normalized spacial score (nSPS) is 11.8. The Morgan fingerprint density at radius 3 is 2.17 bits per heavy atom. The Kier molecular flexibility index (Phi) is 11.8. The first-order chi connectivity index (χ1) is 20.1. The van der Waals surface area contributed by atoms with Crippen molar-refractivity contribution in [2.24, 2.45) is 0 Å². The third kappa shape index (κ3) is 8.97. The number of methoxy groups -OCH3 is 2. The largest absolute Gasteiger partial charge is 0.493 e. The van der Waals surface area contributed by atoms with Gasteiger partial charge >= 0.3 is 0 Å². The van der Waals surface area contributed by atoms with Gasteiger partial charge in [-0.25, -0.2) is 8.42 Å². The van der Waals surface area contributed by atoms with Crippen molar-refractivity contribution in [2.45, 2.75) is 45.7 Å². The fraction of sp³-hybridized carbons (Fsp3) is 0.375. The van der Waals surface area contributed by atoms with Gasteiger partial charge in [-0.2, -0.15) is 0 Å². The molecule has 0 aliphatic heterocycles. The van der Waals surface area contributed by atoms with Gasteiger partial charge in [0.2, 0.25) is 21.8 Å². The number of hydrogen-bond donors (Lipinski definition) is 1. The molecule has 2 amide bonds. The van der Waals surface area contributed by atoms with Crippen LogP contribution in [-0.4, -0.2) is 64.7 Å². The molecule has 9 nitrogen and oxygen atoms in total. The van der Waals surface area contributed by atoms with Crippen LogP contribution in [0.4, 0.5) is 5.69 Å². The van der Waals surface area contributed by atoms with Gasteiger partial charge in [0.15, 0.2) is 11.5 Å². The van der Waals surface area contributed by atoms with Crippen LogP contribution >= 0.6 is 0 Å². The number of aryl methyl sites for hydroxylation is 1. The number of nitrogens with one attached hydrogen (secondary N) is 1. The Labute approximate surface area is 249 Å². The van der Waals surface area contributed by atoms with Crippen LogP contribution in [0.25, 0.3) is 0 Å². The van der Waals surface area contributed by atoms with Crippen LogP contribution in [0.15, 0.2) is 72.8 Å². The Morgan fingerprint density at radius 2 is 1.57 bits per heavy atom. The fourth-order valence-electron chi connectivity index (χ4n) is 4.54. The number of rotatable bonds is 15. The Bertz CT molecular complexity index is 1430. The second kappa shape index (κ2) is 15.3. The van der Waals surface area contributed by atoms with Crippen molar-refractivity contribution in [1.29, 1.82) is 0 Å². The predicted molar refractivity (Wildman–Crippen MR) is 165 cm³/mol. The number of carbonyl (C=O) groups excluding carboxylic acids is 2. The molecule has 0 heterocycles. The highest BCUT2D eigenvalue weighted by Gasteiger charge is 2.33. The van der Waals surface area contributed by atoms with Crippen LogP contribution in [0.3, 0.4) is 0 Å². The van der Waals surface area contributed by atoms with E-state index in [0.717, 1.165) is 40.1 Å². The number of hydrogen-bond acceptors (Lipinski definition) is 6. The number of nitrogens with zero attached hydrogens (tertiary/aromatic N) is 2. The third-order valence-corrected chi connectivity index (χ3v) is 8.05. The highest BCUT2D eigenvalue weighted by molar-refractivity contribution is 7.92. The second-order valence-corrected chi connectivity index (χ2v) is 12.1. The summed E-state index contributed by atoms with van der Waals surface area (Å²) in [4.78, 5) is 29.3. The molecule has 3 rings (SSSR count). The monoisotopic (exact) mass is 595 g/mol. The summed E-state index contributed by atoms with van der Waals surface area (Å²) in [7, 11) is -0.970. The highest BCUT2D eigenvalue weighted by atomic mass is 32.2. The quantitative estimate of drug-likeness (QED) is 0.262. The van der Waals surface area contributed by atoms with Gasteiger partial charge in [-0.1, -0.05) is 73.5 Å². The van der Waals surface area contributed by atoms with E-state index in [-0.39, 0.29) is 24.6 Å². The number of anilines is 1. The van der Waals surface area contributed by atoms with Gasteiger partial charge in [0.05, 0.1) is 26.2 Å². The van der Waals surface area contributed by atoms with E-state index < -0.39 is 28.5 Å². The van der Waals surface area contributed by atoms with E-state index in [1.807, 2.05) is 68.4 Å². The molecule has 0 aromatic heterocycles. The minimum atomic E-state index is -3.90.